The molecule has 0 rings (SSSR count). The van der Waals surface area contributed by atoms with Crippen LogP contribution in [0, 0.1) is 0 Å². The predicted octanol–water partition coefficient (Wildman–Crippen LogP) is 0.282. The SMILES string of the molecule is CCC(C)(N)COC(C)C(=O)NCCOC. The van der Waals surface area contributed by atoms with Gasteiger partial charge in [-0.15, -0.1) is 0 Å². The van der Waals surface area contributed by atoms with Gasteiger partial charge in [0, 0.05) is 19.2 Å². The molecule has 3 N–H and O–H groups in total. The first-order valence-electron chi connectivity index (χ1n) is 5.60. The lowest BCUT2D eigenvalue weighted by atomic mass is 10.0. The number of methoxy groups -OCH3 is 1. The molecule has 1 amide bonds. The van der Waals surface area contributed by atoms with Crippen molar-refractivity contribution in [2.75, 3.05) is 26.9 Å². The van der Waals surface area contributed by atoms with Crippen molar-refractivity contribution in [2.45, 2.75) is 38.8 Å². The predicted molar refractivity (Wildman–Crippen MR) is 63.2 cm³/mol. The fourth-order valence-electron chi connectivity index (χ4n) is 0.913. The van der Waals surface area contributed by atoms with E-state index in [-0.39, 0.29) is 11.4 Å². The number of carbonyl (C=O) groups excluding carboxylic acids is 1. The van der Waals surface area contributed by atoms with Crippen LogP contribution in [0.2, 0.25) is 0 Å². The molecular formula is C11H24N2O3. The van der Waals surface area contributed by atoms with Gasteiger partial charge in [0.05, 0.1) is 13.2 Å². The summed E-state index contributed by atoms with van der Waals surface area (Å²) in [5.74, 6) is -0.135. The average Bonchev–Trinajstić information content (AvgIpc) is 2.26. The molecule has 0 bridgehead atoms. The van der Waals surface area contributed by atoms with Crippen LogP contribution in [0.1, 0.15) is 27.2 Å². The number of nitrogens with two attached hydrogens (primary N) is 1. The first-order chi connectivity index (χ1) is 7.43. The fourth-order valence-corrected chi connectivity index (χ4v) is 0.913. The van der Waals surface area contributed by atoms with Crippen molar-refractivity contribution in [1.29, 1.82) is 0 Å². The summed E-state index contributed by atoms with van der Waals surface area (Å²) in [6.07, 6.45) is 0.330. The lowest BCUT2D eigenvalue weighted by molar-refractivity contribution is -0.132. The molecule has 96 valence electrons. The van der Waals surface area contributed by atoms with E-state index < -0.39 is 6.10 Å². The van der Waals surface area contributed by atoms with E-state index in [1.54, 1.807) is 14.0 Å². The van der Waals surface area contributed by atoms with E-state index in [1.165, 1.54) is 0 Å². The van der Waals surface area contributed by atoms with Crippen LogP contribution in [0.4, 0.5) is 0 Å². The molecule has 0 aliphatic heterocycles. The van der Waals surface area contributed by atoms with Crippen molar-refractivity contribution in [1.82, 2.24) is 5.32 Å². The molecule has 0 aliphatic carbocycles. The number of carbonyl (C=O) groups is 1. The summed E-state index contributed by atoms with van der Waals surface area (Å²) in [6.45, 7) is 6.99. The van der Waals surface area contributed by atoms with Gasteiger partial charge in [0.25, 0.3) is 0 Å². The van der Waals surface area contributed by atoms with Gasteiger partial charge in [-0.1, -0.05) is 6.92 Å². The van der Waals surface area contributed by atoms with Crippen LogP contribution in [0.5, 0.6) is 0 Å². The highest BCUT2D eigenvalue weighted by Crippen LogP contribution is 2.06. The van der Waals surface area contributed by atoms with E-state index in [4.69, 9.17) is 15.2 Å². The fraction of sp³-hybridized carbons (Fsp3) is 0.909. The summed E-state index contributed by atoms with van der Waals surface area (Å²) >= 11 is 0. The van der Waals surface area contributed by atoms with E-state index in [1.807, 2.05) is 13.8 Å². The first-order valence-corrected chi connectivity index (χ1v) is 5.60. The maximum Gasteiger partial charge on any atom is 0.248 e. The zero-order chi connectivity index (χ0) is 12.6. The van der Waals surface area contributed by atoms with Crippen LogP contribution in [-0.2, 0) is 14.3 Å². The molecule has 0 aromatic carbocycles. The Hall–Kier alpha value is -0.650. The Morgan fingerprint density at radius 2 is 2.19 bits per heavy atom. The van der Waals surface area contributed by atoms with Gasteiger partial charge >= 0.3 is 0 Å². The molecule has 0 fully saturated rings. The van der Waals surface area contributed by atoms with Crippen molar-refractivity contribution in [2.24, 2.45) is 5.73 Å². The van der Waals surface area contributed by atoms with Crippen LogP contribution < -0.4 is 11.1 Å². The minimum Gasteiger partial charge on any atom is -0.383 e. The Morgan fingerprint density at radius 1 is 1.56 bits per heavy atom. The van der Waals surface area contributed by atoms with Crippen molar-refractivity contribution in [3.63, 3.8) is 0 Å². The van der Waals surface area contributed by atoms with E-state index in [9.17, 15) is 4.79 Å². The standard InChI is InChI=1S/C11H24N2O3/c1-5-11(3,12)8-16-9(2)10(14)13-6-7-15-4/h9H,5-8,12H2,1-4H3,(H,13,14). The van der Waals surface area contributed by atoms with Crippen molar-refractivity contribution in [3.05, 3.63) is 0 Å². The van der Waals surface area contributed by atoms with E-state index in [0.29, 0.717) is 19.8 Å². The molecule has 0 heterocycles. The largest absolute Gasteiger partial charge is 0.383 e. The minimum atomic E-state index is -0.480. The molecule has 0 saturated carbocycles. The summed E-state index contributed by atoms with van der Waals surface area (Å²) in [5, 5.41) is 2.71. The van der Waals surface area contributed by atoms with Crippen LogP contribution in [0.3, 0.4) is 0 Å². The quantitative estimate of drug-likeness (QED) is 0.590. The molecule has 5 nitrogen and oxygen atoms in total. The average molecular weight is 232 g/mol. The van der Waals surface area contributed by atoms with Crippen molar-refractivity contribution >= 4 is 5.91 Å². The third-order valence-electron chi connectivity index (χ3n) is 2.45. The smallest absolute Gasteiger partial charge is 0.248 e. The number of rotatable bonds is 8. The summed E-state index contributed by atoms with van der Waals surface area (Å²) < 4.78 is 10.2. The second kappa shape index (κ2) is 7.60. The maximum atomic E-state index is 11.5. The molecule has 5 heteroatoms. The van der Waals surface area contributed by atoms with Crippen LogP contribution >= 0.6 is 0 Å². The van der Waals surface area contributed by atoms with Crippen molar-refractivity contribution < 1.29 is 14.3 Å². The highest BCUT2D eigenvalue weighted by atomic mass is 16.5. The molecular weight excluding hydrogens is 208 g/mol. The normalized spacial score (nSPS) is 16.6. The number of amides is 1. The summed E-state index contributed by atoms with van der Waals surface area (Å²) in [7, 11) is 1.59. The molecule has 16 heavy (non-hydrogen) atoms. The van der Waals surface area contributed by atoms with Gasteiger partial charge in [-0.2, -0.15) is 0 Å². The number of ether oxygens (including phenoxy) is 2. The second-order valence-electron chi connectivity index (χ2n) is 4.24. The van der Waals surface area contributed by atoms with E-state index in [0.717, 1.165) is 6.42 Å². The highest BCUT2D eigenvalue weighted by molar-refractivity contribution is 5.80. The summed E-state index contributed by atoms with van der Waals surface area (Å²) in [4.78, 5) is 11.5. The second-order valence-corrected chi connectivity index (χ2v) is 4.24. The molecule has 0 aromatic heterocycles. The Kier molecular flexibility index (Phi) is 7.29. The molecule has 2 unspecified atom stereocenters. The highest BCUT2D eigenvalue weighted by Gasteiger charge is 2.20. The molecule has 0 spiro atoms. The lowest BCUT2D eigenvalue weighted by Crippen LogP contribution is -2.44. The van der Waals surface area contributed by atoms with Crippen molar-refractivity contribution in [3.8, 4) is 0 Å². The van der Waals surface area contributed by atoms with Crippen LogP contribution in [0.25, 0.3) is 0 Å². The molecule has 0 saturated heterocycles. The van der Waals surface area contributed by atoms with E-state index in [2.05, 4.69) is 5.32 Å². The number of nitrogens with one attached hydrogen (secondary N) is 1. The van der Waals surface area contributed by atoms with E-state index >= 15 is 0 Å². The Labute approximate surface area is 97.7 Å². The van der Waals surface area contributed by atoms with Gasteiger partial charge in [0.1, 0.15) is 6.10 Å². The molecule has 2 atom stereocenters. The Bertz CT molecular complexity index is 207. The van der Waals surface area contributed by atoms with Crippen LogP contribution in [0.15, 0.2) is 0 Å². The lowest BCUT2D eigenvalue weighted by Gasteiger charge is -2.24. The minimum absolute atomic E-state index is 0.135. The molecule has 0 radical (unpaired) electrons. The third kappa shape index (κ3) is 6.76. The van der Waals surface area contributed by atoms with Gasteiger partial charge in [-0.3, -0.25) is 4.79 Å². The molecule has 0 aromatic rings. The summed E-state index contributed by atoms with van der Waals surface area (Å²) in [6, 6.07) is 0. The Balaban J connectivity index is 3.79. The van der Waals surface area contributed by atoms with Gasteiger partial charge in [-0.25, -0.2) is 0 Å². The van der Waals surface area contributed by atoms with Gasteiger partial charge in [0.2, 0.25) is 5.91 Å². The van der Waals surface area contributed by atoms with Gasteiger partial charge in [-0.05, 0) is 20.3 Å². The Morgan fingerprint density at radius 3 is 2.69 bits per heavy atom. The zero-order valence-corrected chi connectivity index (χ0v) is 10.7. The monoisotopic (exact) mass is 232 g/mol. The third-order valence-corrected chi connectivity index (χ3v) is 2.45. The zero-order valence-electron chi connectivity index (χ0n) is 10.7. The molecule has 0 aliphatic rings. The topological polar surface area (TPSA) is 73.6 Å². The number of hydrogen-bond donors (Lipinski definition) is 2. The van der Waals surface area contributed by atoms with Crippen LogP contribution in [-0.4, -0.2) is 44.4 Å². The van der Waals surface area contributed by atoms with Gasteiger partial charge < -0.3 is 20.5 Å². The summed E-state index contributed by atoms with van der Waals surface area (Å²) in [5.41, 5.74) is 5.54. The maximum absolute atomic E-state index is 11.5. The van der Waals surface area contributed by atoms with Gasteiger partial charge in [0.15, 0.2) is 0 Å². The number of hydrogen-bond acceptors (Lipinski definition) is 4. The first kappa shape index (κ1) is 15.3.